The first-order valence-electron chi connectivity index (χ1n) is 10.9. The Hall–Kier alpha value is -3.19. The van der Waals surface area contributed by atoms with Gasteiger partial charge in [0.2, 0.25) is 5.91 Å². The number of aliphatic carboxylic acids is 1. The predicted molar refractivity (Wildman–Crippen MR) is 117 cm³/mol. The lowest BCUT2D eigenvalue weighted by molar-refractivity contribution is -0.144. The van der Waals surface area contributed by atoms with Gasteiger partial charge in [0, 0.05) is 23.6 Å². The molecule has 166 valence electrons. The molecule has 1 fully saturated rings. The third kappa shape index (κ3) is 3.19. The van der Waals surface area contributed by atoms with Crippen LogP contribution >= 0.6 is 0 Å². The van der Waals surface area contributed by atoms with Gasteiger partial charge in [-0.25, -0.2) is 4.39 Å². The molecule has 7 heteroatoms. The molecule has 2 aliphatic rings. The lowest BCUT2D eigenvalue weighted by Gasteiger charge is -2.34. The number of halogens is 1. The van der Waals surface area contributed by atoms with Crippen molar-refractivity contribution in [2.75, 3.05) is 13.7 Å². The molecule has 2 aliphatic heterocycles. The minimum atomic E-state index is -0.887. The van der Waals surface area contributed by atoms with Crippen LogP contribution in [0, 0.1) is 5.82 Å². The van der Waals surface area contributed by atoms with Crippen molar-refractivity contribution >= 4 is 22.8 Å². The number of carbonyl (C=O) groups is 2. The first kappa shape index (κ1) is 20.7. The van der Waals surface area contributed by atoms with E-state index in [9.17, 15) is 19.1 Å². The number of nitrogens with zero attached hydrogens (tertiary/aromatic N) is 2. The van der Waals surface area contributed by atoms with Crippen LogP contribution < -0.4 is 0 Å². The summed E-state index contributed by atoms with van der Waals surface area (Å²) in [4.78, 5) is 27.2. The maximum Gasteiger partial charge on any atom is 0.307 e. The highest BCUT2D eigenvalue weighted by atomic mass is 19.1. The number of likely N-dealkylation sites (N-methyl/N-ethyl adjacent to an activating group) is 1. The van der Waals surface area contributed by atoms with Crippen LogP contribution in [0.1, 0.15) is 29.7 Å². The van der Waals surface area contributed by atoms with Crippen molar-refractivity contribution in [1.29, 1.82) is 0 Å². The highest BCUT2D eigenvalue weighted by molar-refractivity contribution is 5.91. The largest absolute Gasteiger partial charge is 0.481 e. The second-order valence-corrected chi connectivity index (χ2v) is 8.70. The van der Waals surface area contributed by atoms with Crippen molar-refractivity contribution in [3.63, 3.8) is 0 Å². The number of carboxylic acids is 1. The van der Waals surface area contributed by atoms with Gasteiger partial charge in [-0.3, -0.25) is 9.59 Å². The van der Waals surface area contributed by atoms with Gasteiger partial charge in [0.25, 0.3) is 0 Å². The molecule has 1 N–H and O–H groups in total. The zero-order chi connectivity index (χ0) is 22.5. The Bertz CT molecular complexity index is 1200. The maximum absolute atomic E-state index is 13.8. The molecule has 5 rings (SSSR count). The Labute approximate surface area is 185 Å². The number of hydrogen-bond donors (Lipinski definition) is 1. The minimum absolute atomic E-state index is 0.0403. The molecule has 0 spiro atoms. The second kappa shape index (κ2) is 7.74. The fraction of sp³-hybridized carbons (Fsp3) is 0.360. The first-order valence-corrected chi connectivity index (χ1v) is 10.9. The number of ether oxygens (including phenoxy) is 1. The van der Waals surface area contributed by atoms with Crippen LogP contribution in [0.3, 0.4) is 0 Å². The zero-order valence-corrected chi connectivity index (χ0v) is 17.9. The van der Waals surface area contributed by atoms with Gasteiger partial charge >= 0.3 is 5.97 Å². The molecule has 0 saturated carbocycles. The van der Waals surface area contributed by atoms with Crippen LogP contribution in [0.25, 0.3) is 10.9 Å². The molecule has 0 aliphatic carbocycles. The molecule has 2 aromatic carbocycles. The SMILES string of the molecule is CN1C(=O)C2(c3ccc(F)cc3)CCO[C@@H]1Cn1c(c(CC(=O)O)c3ccccc31)CC2. The summed E-state index contributed by atoms with van der Waals surface area (Å²) in [5.41, 5.74) is 2.58. The van der Waals surface area contributed by atoms with E-state index in [0.29, 0.717) is 32.4 Å². The molecule has 2 bridgehead atoms. The Kier molecular flexibility index (Phi) is 5.01. The molecular formula is C25H25FN2O4. The van der Waals surface area contributed by atoms with Crippen LogP contribution in [0.2, 0.25) is 0 Å². The number of carboxylic acid groups (broad SMARTS) is 1. The van der Waals surface area contributed by atoms with E-state index in [0.717, 1.165) is 27.7 Å². The number of fused-ring (bicyclic) bond motifs is 6. The van der Waals surface area contributed by atoms with Gasteiger partial charge in [-0.15, -0.1) is 0 Å². The van der Waals surface area contributed by atoms with E-state index >= 15 is 0 Å². The van der Waals surface area contributed by atoms with Crippen LogP contribution in [-0.2, 0) is 39.1 Å². The van der Waals surface area contributed by atoms with Crippen LogP contribution in [-0.4, -0.2) is 46.3 Å². The summed E-state index contributed by atoms with van der Waals surface area (Å²) >= 11 is 0. The molecule has 1 saturated heterocycles. The second-order valence-electron chi connectivity index (χ2n) is 8.70. The minimum Gasteiger partial charge on any atom is -0.481 e. The third-order valence-corrected chi connectivity index (χ3v) is 7.05. The van der Waals surface area contributed by atoms with Gasteiger partial charge in [-0.05, 0) is 48.6 Å². The summed E-state index contributed by atoms with van der Waals surface area (Å²) in [7, 11) is 1.76. The predicted octanol–water partition coefficient (Wildman–Crippen LogP) is 3.50. The Morgan fingerprint density at radius 3 is 2.69 bits per heavy atom. The summed E-state index contributed by atoms with van der Waals surface area (Å²) in [5.74, 6) is -1.27. The average molecular weight is 436 g/mol. The number of aromatic nitrogens is 1. The standard InChI is InChI=1S/C25H25FN2O4/c1-27-22-15-28-20-5-3-2-4-18(20)19(14-23(29)30)21(28)10-11-25(24(27)31,12-13-32-22)16-6-8-17(26)9-7-16/h2-9,22H,10-15H2,1H3,(H,29,30)/t22-,25?/m1/s1. The maximum atomic E-state index is 13.8. The van der Waals surface area contributed by atoms with Crippen molar-refractivity contribution < 1.29 is 23.8 Å². The van der Waals surface area contributed by atoms with E-state index in [-0.39, 0.29) is 18.1 Å². The summed E-state index contributed by atoms with van der Waals surface area (Å²) in [6.07, 6.45) is 0.964. The summed E-state index contributed by atoms with van der Waals surface area (Å²) in [5, 5.41) is 10.5. The molecule has 3 aromatic rings. The molecule has 2 atom stereocenters. The molecular weight excluding hydrogens is 411 g/mol. The van der Waals surface area contributed by atoms with Gasteiger partial charge < -0.3 is 19.3 Å². The van der Waals surface area contributed by atoms with Crippen molar-refractivity contribution in [3.8, 4) is 0 Å². The van der Waals surface area contributed by atoms with Crippen molar-refractivity contribution in [3.05, 3.63) is 71.2 Å². The van der Waals surface area contributed by atoms with E-state index in [1.165, 1.54) is 12.1 Å². The molecule has 1 amide bonds. The monoisotopic (exact) mass is 436 g/mol. The lowest BCUT2D eigenvalue weighted by Crippen LogP contribution is -2.48. The van der Waals surface area contributed by atoms with Crippen molar-refractivity contribution in [2.45, 2.75) is 43.9 Å². The normalized spacial score (nSPS) is 23.4. The molecule has 0 radical (unpaired) electrons. The molecule has 32 heavy (non-hydrogen) atoms. The van der Waals surface area contributed by atoms with E-state index in [2.05, 4.69) is 4.57 Å². The van der Waals surface area contributed by atoms with Gasteiger partial charge in [0.05, 0.1) is 25.0 Å². The van der Waals surface area contributed by atoms with E-state index in [4.69, 9.17) is 4.74 Å². The molecule has 6 nitrogen and oxygen atoms in total. The lowest BCUT2D eigenvalue weighted by atomic mass is 9.72. The van der Waals surface area contributed by atoms with Crippen LogP contribution in [0.4, 0.5) is 4.39 Å². The number of benzene rings is 2. The number of amides is 1. The quantitative estimate of drug-likeness (QED) is 0.682. The Morgan fingerprint density at radius 1 is 1.19 bits per heavy atom. The summed E-state index contributed by atoms with van der Waals surface area (Å²) in [6.45, 7) is 0.839. The van der Waals surface area contributed by atoms with Crippen LogP contribution in [0.5, 0.6) is 0 Å². The zero-order valence-electron chi connectivity index (χ0n) is 17.9. The number of para-hydroxylation sites is 1. The molecule has 1 unspecified atom stereocenters. The van der Waals surface area contributed by atoms with Gasteiger partial charge in [-0.2, -0.15) is 0 Å². The Morgan fingerprint density at radius 2 is 1.94 bits per heavy atom. The number of rotatable bonds is 3. The fourth-order valence-electron chi connectivity index (χ4n) is 5.40. The number of carbonyl (C=O) groups excluding carboxylic acids is 1. The topological polar surface area (TPSA) is 71.8 Å². The van der Waals surface area contributed by atoms with E-state index in [1.807, 2.05) is 24.3 Å². The fourth-order valence-corrected chi connectivity index (χ4v) is 5.40. The first-order chi connectivity index (χ1) is 15.4. The molecule has 3 heterocycles. The molecule has 1 aromatic heterocycles. The highest BCUT2D eigenvalue weighted by Crippen LogP contribution is 2.41. The van der Waals surface area contributed by atoms with E-state index in [1.54, 1.807) is 24.1 Å². The average Bonchev–Trinajstić information content (AvgIpc) is 3.02. The van der Waals surface area contributed by atoms with Crippen molar-refractivity contribution in [2.24, 2.45) is 0 Å². The summed E-state index contributed by atoms with van der Waals surface area (Å²) in [6, 6.07) is 13.9. The summed E-state index contributed by atoms with van der Waals surface area (Å²) < 4.78 is 21.9. The van der Waals surface area contributed by atoms with Crippen LogP contribution in [0.15, 0.2) is 48.5 Å². The number of hydrogen-bond acceptors (Lipinski definition) is 3. The Balaban J connectivity index is 1.71. The van der Waals surface area contributed by atoms with Gasteiger partial charge in [0.15, 0.2) is 0 Å². The van der Waals surface area contributed by atoms with Gasteiger partial charge in [0.1, 0.15) is 12.0 Å². The van der Waals surface area contributed by atoms with Crippen molar-refractivity contribution in [1.82, 2.24) is 9.47 Å². The highest BCUT2D eigenvalue weighted by Gasteiger charge is 2.46. The van der Waals surface area contributed by atoms with E-state index < -0.39 is 17.6 Å². The smallest absolute Gasteiger partial charge is 0.307 e. The van der Waals surface area contributed by atoms with Gasteiger partial charge in [-0.1, -0.05) is 30.3 Å². The third-order valence-electron chi connectivity index (χ3n) is 7.05.